The Labute approximate surface area is 193 Å². The Morgan fingerprint density at radius 3 is 2.09 bits per heavy atom. The first-order valence-electron chi connectivity index (χ1n) is 11.6. The Bertz CT molecular complexity index is 1080. The summed E-state index contributed by atoms with van der Waals surface area (Å²) in [5.41, 5.74) is 4.46. The molecule has 1 nitrogen and oxygen atoms in total. The number of hydrogen-bond donors (Lipinski definition) is 0. The fourth-order valence-corrected chi connectivity index (χ4v) is 4.85. The number of allylic oxidation sites excluding steroid dienone is 1. The maximum absolute atomic E-state index is 14.9. The molecule has 0 N–H and O–H groups in total. The summed E-state index contributed by atoms with van der Waals surface area (Å²) in [4.78, 5) is 0. The summed E-state index contributed by atoms with van der Waals surface area (Å²) >= 11 is 0. The van der Waals surface area contributed by atoms with Crippen LogP contribution >= 0.6 is 0 Å². The maximum atomic E-state index is 14.9. The number of alkyl halides is 1. The Kier molecular flexibility index (Phi) is 7.54. The zero-order valence-electron chi connectivity index (χ0n) is 18.7. The summed E-state index contributed by atoms with van der Waals surface area (Å²) in [6.45, 7) is 2.67. The van der Waals surface area contributed by atoms with E-state index >= 15 is 0 Å². The highest BCUT2D eigenvalue weighted by Crippen LogP contribution is 2.41. The predicted octanol–water partition coefficient (Wildman–Crippen LogP) is 8.50. The first kappa shape index (κ1) is 23.2. The molecular weight excluding hydrogens is 421 g/mol. The lowest BCUT2D eigenvalue weighted by molar-refractivity contribution is 0.184. The van der Waals surface area contributed by atoms with Gasteiger partial charge < -0.3 is 4.74 Å². The molecule has 172 valence electrons. The first-order valence-corrected chi connectivity index (χ1v) is 11.6. The molecule has 0 aliphatic heterocycles. The molecule has 0 heterocycles. The second kappa shape index (κ2) is 10.7. The van der Waals surface area contributed by atoms with Gasteiger partial charge in [0.2, 0.25) is 6.86 Å². The van der Waals surface area contributed by atoms with Crippen LogP contribution in [0.15, 0.2) is 73.3 Å². The van der Waals surface area contributed by atoms with Gasteiger partial charge in [-0.1, -0.05) is 48.5 Å². The molecule has 0 spiro atoms. The lowest BCUT2D eigenvalue weighted by atomic mass is 9.76. The number of benzene rings is 3. The summed E-state index contributed by atoms with van der Waals surface area (Å²) in [6, 6.07) is 18.2. The van der Waals surface area contributed by atoms with Crippen molar-refractivity contribution in [2.24, 2.45) is 0 Å². The van der Waals surface area contributed by atoms with Crippen molar-refractivity contribution in [3.8, 4) is 16.9 Å². The second-order valence-electron chi connectivity index (χ2n) is 8.76. The van der Waals surface area contributed by atoms with E-state index in [1.54, 1.807) is 18.2 Å². The van der Waals surface area contributed by atoms with Crippen LogP contribution in [0.4, 0.5) is 13.2 Å². The fourth-order valence-electron chi connectivity index (χ4n) is 4.85. The van der Waals surface area contributed by atoms with Crippen molar-refractivity contribution in [3.63, 3.8) is 0 Å². The van der Waals surface area contributed by atoms with Crippen LogP contribution in [0.3, 0.4) is 0 Å². The molecule has 4 rings (SSSR count). The van der Waals surface area contributed by atoms with Gasteiger partial charge in [0.1, 0.15) is 5.82 Å². The molecule has 0 aromatic heterocycles. The number of hydrogen-bond acceptors (Lipinski definition) is 1. The lowest BCUT2D eigenvalue weighted by Crippen LogP contribution is -2.12. The fraction of sp³-hybridized carbons (Fsp3) is 0.310. The highest BCUT2D eigenvalue weighted by atomic mass is 19.1. The van der Waals surface area contributed by atoms with Gasteiger partial charge in [0.15, 0.2) is 11.6 Å². The predicted molar refractivity (Wildman–Crippen MR) is 127 cm³/mol. The van der Waals surface area contributed by atoms with E-state index in [0.29, 0.717) is 23.0 Å². The number of halogens is 3. The lowest BCUT2D eigenvalue weighted by Gasteiger charge is -2.29. The van der Waals surface area contributed by atoms with E-state index in [4.69, 9.17) is 0 Å². The van der Waals surface area contributed by atoms with Crippen molar-refractivity contribution in [2.45, 2.75) is 50.4 Å². The maximum Gasteiger partial charge on any atom is 0.228 e. The SMILES string of the molecule is C=CCCc1ccc(C2CCC(c3ccc(-c4ccc(OCF)c(F)c4)c(F)c3)CC2)cc1. The third-order valence-corrected chi connectivity index (χ3v) is 6.73. The van der Waals surface area contributed by atoms with Crippen LogP contribution in [0.25, 0.3) is 11.1 Å². The van der Waals surface area contributed by atoms with Crippen LogP contribution in [0, 0.1) is 11.6 Å². The summed E-state index contributed by atoms with van der Waals surface area (Å²) < 4.78 is 45.9. The van der Waals surface area contributed by atoms with Gasteiger partial charge in [-0.05, 0) is 90.8 Å². The van der Waals surface area contributed by atoms with Crippen LogP contribution in [0.2, 0.25) is 0 Å². The van der Waals surface area contributed by atoms with Crippen molar-refractivity contribution in [1.82, 2.24) is 0 Å². The van der Waals surface area contributed by atoms with E-state index in [0.717, 1.165) is 44.1 Å². The van der Waals surface area contributed by atoms with Crippen LogP contribution < -0.4 is 4.74 Å². The molecule has 1 saturated carbocycles. The van der Waals surface area contributed by atoms with Crippen molar-refractivity contribution < 1.29 is 17.9 Å². The Morgan fingerprint density at radius 2 is 1.48 bits per heavy atom. The summed E-state index contributed by atoms with van der Waals surface area (Å²) in [7, 11) is 0. The van der Waals surface area contributed by atoms with Crippen LogP contribution in [0.1, 0.15) is 60.6 Å². The molecule has 0 radical (unpaired) electrons. The zero-order valence-corrected chi connectivity index (χ0v) is 18.7. The normalized spacial score (nSPS) is 18.2. The quantitative estimate of drug-likeness (QED) is 0.313. The molecular formula is C29H29F3O. The van der Waals surface area contributed by atoms with Gasteiger partial charge in [-0.15, -0.1) is 6.58 Å². The second-order valence-corrected chi connectivity index (χ2v) is 8.76. The molecule has 0 unspecified atom stereocenters. The van der Waals surface area contributed by atoms with Gasteiger partial charge >= 0.3 is 0 Å². The Morgan fingerprint density at radius 1 is 0.818 bits per heavy atom. The molecule has 1 fully saturated rings. The van der Waals surface area contributed by atoms with Gasteiger partial charge in [0.25, 0.3) is 0 Å². The Hall–Kier alpha value is -3.01. The summed E-state index contributed by atoms with van der Waals surface area (Å²) in [5, 5.41) is 0. The molecule has 0 atom stereocenters. The standard InChI is InChI=1S/C29H29F3O/c1-2-3-4-20-5-7-21(8-6-20)22-9-11-23(12-10-22)24-13-15-26(27(31)17-24)25-14-16-29(33-19-30)28(32)18-25/h2,5-8,13-18,22-23H,1,3-4,9-12,19H2. The third kappa shape index (κ3) is 5.50. The molecule has 3 aromatic carbocycles. The molecule has 1 aliphatic rings. The number of rotatable bonds is 8. The van der Waals surface area contributed by atoms with E-state index in [1.807, 2.05) is 12.1 Å². The van der Waals surface area contributed by atoms with Crippen molar-refractivity contribution in [3.05, 3.63) is 102 Å². The van der Waals surface area contributed by atoms with Gasteiger partial charge in [-0.2, -0.15) is 0 Å². The smallest absolute Gasteiger partial charge is 0.228 e. The Balaban J connectivity index is 1.40. The highest BCUT2D eigenvalue weighted by Gasteiger charge is 2.24. The van der Waals surface area contributed by atoms with E-state index in [9.17, 15) is 13.2 Å². The van der Waals surface area contributed by atoms with Crippen LogP contribution in [-0.2, 0) is 6.42 Å². The number of aryl methyl sites for hydroxylation is 1. The van der Waals surface area contributed by atoms with Crippen molar-refractivity contribution in [1.29, 1.82) is 0 Å². The highest BCUT2D eigenvalue weighted by molar-refractivity contribution is 5.65. The molecule has 1 aliphatic carbocycles. The largest absolute Gasteiger partial charge is 0.460 e. The summed E-state index contributed by atoms with van der Waals surface area (Å²) in [6.07, 6.45) is 8.18. The molecule has 0 saturated heterocycles. The molecule has 0 bridgehead atoms. The molecule has 4 heteroatoms. The summed E-state index contributed by atoms with van der Waals surface area (Å²) in [5.74, 6) is -0.383. The first-order chi connectivity index (χ1) is 16.1. The topological polar surface area (TPSA) is 9.23 Å². The van der Waals surface area contributed by atoms with E-state index in [1.165, 1.54) is 23.3 Å². The van der Waals surface area contributed by atoms with Gasteiger partial charge in [-0.3, -0.25) is 0 Å². The number of ether oxygens (including phenoxy) is 1. The van der Waals surface area contributed by atoms with E-state index < -0.39 is 12.7 Å². The minimum absolute atomic E-state index is 0.179. The van der Waals surface area contributed by atoms with Crippen LogP contribution in [0.5, 0.6) is 5.75 Å². The minimum Gasteiger partial charge on any atom is -0.460 e. The van der Waals surface area contributed by atoms with Crippen LogP contribution in [-0.4, -0.2) is 6.86 Å². The van der Waals surface area contributed by atoms with Gasteiger partial charge in [0.05, 0.1) is 0 Å². The van der Waals surface area contributed by atoms with E-state index in [-0.39, 0.29) is 11.6 Å². The minimum atomic E-state index is -1.11. The van der Waals surface area contributed by atoms with Gasteiger partial charge in [-0.25, -0.2) is 13.2 Å². The van der Waals surface area contributed by atoms with E-state index in [2.05, 4.69) is 35.6 Å². The monoisotopic (exact) mass is 450 g/mol. The average Bonchev–Trinajstić information content (AvgIpc) is 2.84. The molecule has 0 amide bonds. The van der Waals surface area contributed by atoms with Crippen molar-refractivity contribution >= 4 is 0 Å². The van der Waals surface area contributed by atoms with Gasteiger partial charge in [0, 0.05) is 5.56 Å². The molecule has 3 aromatic rings. The zero-order chi connectivity index (χ0) is 23.2. The van der Waals surface area contributed by atoms with Crippen molar-refractivity contribution in [2.75, 3.05) is 6.86 Å². The third-order valence-electron chi connectivity index (χ3n) is 6.73. The molecule has 33 heavy (non-hydrogen) atoms. The average molecular weight is 451 g/mol.